The number of nitrogens with zero attached hydrogens (tertiary/aromatic N) is 2. The molecule has 2 rings (SSSR count). The van der Waals surface area contributed by atoms with Crippen molar-refractivity contribution in [2.45, 2.75) is 38.1 Å². The molecule has 1 aromatic rings. The number of carbonyl (C=O) groups is 1. The molecule has 146 valence electrons. The number of nitrogens with one attached hydrogen (secondary N) is 1. The van der Waals surface area contributed by atoms with Crippen LogP contribution in [0.1, 0.15) is 27.2 Å². The number of hydrogen-bond acceptors (Lipinski definition) is 5. The second-order valence-electron chi connectivity index (χ2n) is 6.51. The lowest BCUT2D eigenvalue weighted by Crippen LogP contribution is -2.49. The van der Waals surface area contributed by atoms with Crippen LogP contribution in [0.2, 0.25) is 0 Å². The standard InChI is InChI=1S/C18H29N3O4S/c1-4-15(3)19-26(23,24)17-8-6-16(7-9-17)25-14-18(22)21-12-10-20(5-2)11-13-21/h6-9,15,19H,4-5,10-14H2,1-3H3/t15-/m1/s1. The van der Waals surface area contributed by atoms with Crippen LogP contribution in [0.4, 0.5) is 0 Å². The van der Waals surface area contributed by atoms with Gasteiger partial charge in [0.05, 0.1) is 4.90 Å². The summed E-state index contributed by atoms with van der Waals surface area (Å²) < 4.78 is 32.6. The second-order valence-corrected chi connectivity index (χ2v) is 8.22. The number of rotatable bonds is 8. The monoisotopic (exact) mass is 383 g/mol. The molecule has 0 spiro atoms. The van der Waals surface area contributed by atoms with Gasteiger partial charge in [-0.25, -0.2) is 13.1 Å². The summed E-state index contributed by atoms with van der Waals surface area (Å²) in [4.78, 5) is 16.5. The molecule has 7 nitrogen and oxygen atoms in total. The Bertz CT molecular complexity index is 683. The van der Waals surface area contributed by atoms with Gasteiger partial charge < -0.3 is 14.5 Å². The van der Waals surface area contributed by atoms with Gasteiger partial charge in [0.2, 0.25) is 10.0 Å². The van der Waals surface area contributed by atoms with Crippen LogP contribution in [-0.4, -0.2) is 69.5 Å². The fraction of sp³-hybridized carbons (Fsp3) is 0.611. The Balaban J connectivity index is 1.86. The van der Waals surface area contributed by atoms with E-state index in [9.17, 15) is 13.2 Å². The van der Waals surface area contributed by atoms with Crippen LogP contribution in [0, 0.1) is 0 Å². The van der Waals surface area contributed by atoms with Crippen molar-refractivity contribution in [3.8, 4) is 5.75 Å². The quantitative estimate of drug-likeness (QED) is 0.732. The zero-order chi connectivity index (χ0) is 19.2. The molecule has 0 bridgehead atoms. The minimum absolute atomic E-state index is 0.0384. The third-order valence-corrected chi connectivity index (χ3v) is 6.24. The number of carbonyl (C=O) groups excluding carboxylic acids is 1. The molecule has 1 N–H and O–H groups in total. The molecule has 0 radical (unpaired) electrons. The molecule has 1 aromatic carbocycles. The molecular weight excluding hydrogens is 354 g/mol. The van der Waals surface area contributed by atoms with Gasteiger partial charge in [-0.15, -0.1) is 0 Å². The SMILES string of the molecule is CC[C@@H](C)NS(=O)(=O)c1ccc(OCC(=O)N2CCN(CC)CC2)cc1. The first kappa shape index (κ1) is 20.7. The Morgan fingerprint density at radius 2 is 1.77 bits per heavy atom. The molecule has 1 aliphatic heterocycles. The fourth-order valence-corrected chi connectivity index (χ4v) is 4.01. The molecule has 0 aliphatic carbocycles. The summed E-state index contributed by atoms with van der Waals surface area (Å²) in [5.41, 5.74) is 0. The van der Waals surface area contributed by atoms with Gasteiger partial charge in [0, 0.05) is 32.2 Å². The summed E-state index contributed by atoms with van der Waals surface area (Å²) in [6, 6.07) is 6.01. The van der Waals surface area contributed by atoms with Crippen molar-refractivity contribution in [3.63, 3.8) is 0 Å². The Labute approximate surface area is 156 Å². The average Bonchev–Trinajstić information content (AvgIpc) is 2.66. The highest BCUT2D eigenvalue weighted by molar-refractivity contribution is 7.89. The highest BCUT2D eigenvalue weighted by atomic mass is 32.2. The Hall–Kier alpha value is -1.64. The van der Waals surface area contributed by atoms with Crippen LogP contribution < -0.4 is 9.46 Å². The first-order valence-corrected chi connectivity index (χ1v) is 10.6. The maximum atomic E-state index is 12.2. The van der Waals surface area contributed by atoms with E-state index in [1.807, 2.05) is 13.8 Å². The van der Waals surface area contributed by atoms with Crippen molar-refractivity contribution in [2.24, 2.45) is 0 Å². The van der Waals surface area contributed by atoms with E-state index in [1.165, 1.54) is 12.1 Å². The second kappa shape index (κ2) is 9.34. The molecule has 1 atom stereocenters. The van der Waals surface area contributed by atoms with Crippen molar-refractivity contribution in [1.29, 1.82) is 0 Å². The van der Waals surface area contributed by atoms with Gasteiger partial charge in [-0.2, -0.15) is 0 Å². The molecule has 1 saturated heterocycles. The summed E-state index contributed by atoms with van der Waals surface area (Å²) in [5, 5.41) is 0. The number of hydrogen-bond donors (Lipinski definition) is 1. The topological polar surface area (TPSA) is 78.9 Å². The Kier molecular flexibility index (Phi) is 7.43. The Morgan fingerprint density at radius 3 is 2.31 bits per heavy atom. The van der Waals surface area contributed by atoms with Crippen LogP contribution in [0.25, 0.3) is 0 Å². The van der Waals surface area contributed by atoms with E-state index in [-0.39, 0.29) is 23.5 Å². The van der Waals surface area contributed by atoms with E-state index in [0.717, 1.165) is 26.1 Å². The molecule has 1 fully saturated rings. The first-order chi connectivity index (χ1) is 12.4. The van der Waals surface area contributed by atoms with E-state index in [0.29, 0.717) is 18.8 Å². The molecule has 0 unspecified atom stereocenters. The third-order valence-electron chi connectivity index (χ3n) is 4.64. The van der Waals surface area contributed by atoms with Gasteiger partial charge in [-0.1, -0.05) is 13.8 Å². The van der Waals surface area contributed by atoms with Gasteiger partial charge in [0.15, 0.2) is 6.61 Å². The van der Waals surface area contributed by atoms with E-state index in [4.69, 9.17) is 4.74 Å². The molecular formula is C18H29N3O4S. The van der Waals surface area contributed by atoms with E-state index in [2.05, 4.69) is 16.5 Å². The highest BCUT2D eigenvalue weighted by Crippen LogP contribution is 2.16. The van der Waals surface area contributed by atoms with Crippen LogP contribution >= 0.6 is 0 Å². The molecule has 1 aliphatic rings. The molecule has 1 amide bonds. The molecule has 8 heteroatoms. The van der Waals surface area contributed by atoms with Crippen molar-refractivity contribution in [2.75, 3.05) is 39.3 Å². The van der Waals surface area contributed by atoms with Gasteiger partial charge in [-0.3, -0.25) is 4.79 Å². The van der Waals surface area contributed by atoms with Crippen LogP contribution in [0.5, 0.6) is 5.75 Å². The van der Waals surface area contributed by atoms with E-state index in [1.54, 1.807) is 17.0 Å². The van der Waals surface area contributed by atoms with Gasteiger partial charge in [0.1, 0.15) is 5.75 Å². The molecule has 0 saturated carbocycles. The number of sulfonamides is 1. The molecule has 0 aromatic heterocycles. The largest absolute Gasteiger partial charge is 0.484 e. The van der Waals surface area contributed by atoms with Crippen LogP contribution in [-0.2, 0) is 14.8 Å². The lowest BCUT2D eigenvalue weighted by atomic mass is 10.3. The number of amides is 1. The van der Waals surface area contributed by atoms with Gasteiger partial charge in [-0.05, 0) is 44.2 Å². The number of piperazine rings is 1. The Morgan fingerprint density at radius 1 is 1.15 bits per heavy atom. The summed E-state index contributed by atoms with van der Waals surface area (Å²) >= 11 is 0. The number of ether oxygens (including phenoxy) is 1. The molecule has 1 heterocycles. The maximum absolute atomic E-state index is 12.2. The summed E-state index contributed by atoms with van der Waals surface area (Å²) in [6.45, 7) is 10.0. The smallest absolute Gasteiger partial charge is 0.260 e. The lowest BCUT2D eigenvalue weighted by Gasteiger charge is -2.33. The highest BCUT2D eigenvalue weighted by Gasteiger charge is 2.20. The average molecular weight is 384 g/mol. The van der Waals surface area contributed by atoms with Crippen molar-refractivity contribution < 1.29 is 17.9 Å². The van der Waals surface area contributed by atoms with E-state index >= 15 is 0 Å². The summed E-state index contributed by atoms with van der Waals surface area (Å²) in [6.07, 6.45) is 0.717. The van der Waals surface area contributed by atoms with E-state index < -0.39 is 10.0 Å². The third kappa shape index (κ3) is 5.69. The predicted octanol–water partition coefficient (Wildman–Crippen LogP) is 1.31. The first-order valence-electron chi connectivity index (χ1n) is 9.11. The minimum atomic E-state index is -3.53. The van der Waals surface area contributed by atoms with Crippen LogP contribution in [0.3, 0.4) is 0 Å². The van der Waals surface area contributed by atoms with Crippen molar-refractivity contribution >= 4 is 15.9 Å². The number of benzene rings is 1. The predicted molar refractivity (Wildman–Crippen MR) is 101 cm³/mol. The zero-order valence-electron chi connectivity index (χ0n) is 15.8. The number of likely N-dealkylation sites (N-methyl/N-ethyl adjacent to an activating group) is 1. The lowest BCUT2D eigenvalue weighted by molar-refractivity contribution is -0.135. The fourth-order valence-electron chi connectivity index (χ4n) is 2.68. The van der Waals surface area contributed by atoms with Crippen LogP contribution in [0.15, 0.2) is 29.2 Å². The summed E-state index contributed by atoms with van der Waals surface area (Å²) in [7, 11) is -3.53. The maximum Gasteiger partial charge on any atom is 0.260 e. The summed E-state index contributed by atoms with van der Waals surface area (Å²) in [5.74, 6) is 0.434. The molecule has 26 heavy (non-hydrogen) atoms. The minimum Gasteiger partial charge on any atom is -0.484 e. The normalized spacial score (nSPS) is 17.1. The van der Waals surface area contributed by atoms with Gasteiger partial charge >= 0.3 is 0 Å². The van der Waals surface area contributed by atoms with Gasteiger partial charge in [0.25, 0.3) is 5.91 Å². The van der Waals surface area contributed by atoms with Crippen molar-refractivity contribution in [3.05, 3.63) is 24.3 Å². The van der Waals surface area contributed by atoms with Crippen molar-refractivity contribution in [1.82, 2.24) is 14.5 Å². The zero-order valence-corrected chi connectivity index (χ0v) is 16.6.